The van der Waals surface area contributed by atoms with Gasteiger partial charge in [0.05, 0.1) is 0 Å². The van der Waals surface area contributed by atoms with Crippen molar-refractivity contribution in [3.63, 3.8) is 0 Å². The number of hydrogen-bond donors (Lipinski definition) is 0. The molecule has 2 atom stereocenters. The largest absolute Gasteiger partial charge is 0.147 e. The van der Waals surface area contributed by atoms with E-state index in [2.05, 4.69) is 165 Å². The SMILES string of the molecule is CCCCC1=Cc2c(-c3cccc4ccccc34)cccc2[CH]1[Ti]([CH3])([CH3])(=[SiH2])[CH]1C(CCCC)=Cc2c(-c3cccc4ccccc34)cccc21.Cl.Cl. The maximum atomic E-state index is 2.81. The van der Waals surface area contributed by atoms with E-state index in [9.17, 15) is 0 Å². The van der Waals surface area contributed by atoms with Gasteiger partial charge in [-0.1, -0.05) is 0 Å². The molecule has 52 heavy (non-hydrogen) atoms. The zero-order valence-corrected chi connectivity index (χ0v) is 35.7. The molecule has 2 aliphatic carbocycles. The predicted molar refractivity (Wildman–Crippen MR) is 234 cm³/mol. The van der Waals surface area contributed by atoms with Gasteiger partial charge in [0.15, 0.2) is 0 Å². The fourth-order valence-electron chi connectivity index (χ4n) is 9.92. The van der Waals surface area contributed by atoms with Gasteiger partial charge in [0.2, 0.25) is 0 Å². The van der Waals surface area contributed by atoms with Gasteiger partial charge in [-0.2, -0.15) is 0 Å². The zero-order chi connectivity index (χ0) is 34.5. The summed E-state index contributed by atoms with van der Waals surface area (Å²) in [6.07, 6.45) is 12.6. The third kappa shape index (κ3) is 6.52. The number of rotatable bonds is 10. The molecular weight excluding hydrogens is 723 g/mol. The van der Waals surface area contributed by atoms with E-state index in [4.69, 9.17) is 0 Å². The number of unbranched alkanes of at least 4 members (excludes halogenated alkanes) is 2. The molecule has 0 N–H and O–H groups in total. The zero-order valence-electron chi connectivity index (χ0n) is 31.1. The van der Waals surface area contributed by atoms with Crippen molar-refractivity contribution in [1.29, 1.82) is 0 Å². The topological polar surface area (TPSA) is 0 Å². The van der Waals surface area contributed by atoms with Crippen molar-refractivity contribution in [3.05, 3.63) is 155 Å². The monoisotopic (exact) mass is 774 g/mol. The molecule has 2 aliphatic rings. The first kappa shape index (κ1) is 38.6. The summed E-state index contributed by atoms with van der Waals surface area (Å²) >= 11 is -3.51. The normalized spacial score (nSPS) is 16.5. The van der Waals surface area contributed by atoms with Gasteiger partial charge in [-0.15, -0.1) is 24.8 Å². The Bertz CT molecular complexity index is 2240. The molecule has 0 aromatic heterocycles. The second-order valence-corrected chi connectivity index (χ2v) is 36.3. The fourth-order valence-corrected chi connectivity index (χ4v) is 22.9. The molecule has 0 heterocycles. The van der Waals surface area contributed by atoms with E-state index in [0.717, 1.165) is 0 Å². The average Bonchev–Trinajstić information content (AvgIpc) is 3.72. The summed E-state index contributed by atoms with van der Waals surface area (Å²) in [5.41, 5.74) is 15.0. The van der Waals surface area contributed by atoms with Gasteiger partial charge < -0.3 is 0 Å². The van der Waals surface area contributed by atoms with E-state index in [-0.39, 0.29) is 24.8 Å². The molecule has 2 unspecified atom stereocenters. The first-order valence-electron chi connectivity index (χ1n) is 19.0. The summed E-state index contributed by atoms with van der Waals surface area (Å²) in [5.74, 6) is 0. The van der Waals surface area contributed by atoms with Crippen molar-refractivity contribution < 1.29 is 14.0 Å². The summed E-state index contributed by atoms with van der Waals surface area (Å²) in [5, 5.41) is 10.9. The minimum atomic E-state index is -3.51. The molecule has 0 radical (unpaired) electrons. The Balaban J connectivity index is 0.00000232. The van der Waals surface area contributed by atoms with Crippen LogP contribution in [0.25, 0.3) is 56.0 Å². The maximum absolute atomic E-state index is 3.51. The van der Waals surface area contributed by atoms with E-state index < -0.39 is 14.0 Å². The standard InChI is InChI=1S/2C23H21.2CH3.2ClH.H2Si.Ti/c2*1-2-3-8-17-15-19-11-7-14-22(23(19)16-17)21-13-6-10-18-9-4-5-12-20(18)21;;;;;;/h2*4-7,9-16H,2-3,8H2,1H3;2*1H3;2*1H;1H2;. The average molecular weight is 776 g/mol. The molecule has 6 aromatic rings. The van der Waals surface area contributed by atoms with E-state index in [1.807, 2.05) is 0 Å². The number of hydrogen-bond acceptors (Lipinski definition) is 0. The number of allylic oxidation sites excluding steroid dienone is 2. The summed E-state index contributed by atoms with van der Waals surface area (Å²) < 4.78 is 1.01. The molecule has 0 saturated heterocycles. The van der Waals surface area contributed by atoms with Gasteiger partial charge in [-0.05, 0) is 0 Å². The van der Waals surface area contributed by atoms with Crippen LogP contribution in [0.4, 0.5) is 0 Å². The van der Waals surface area contributed by atoms with Gasteiger partial charge in [0.1, 0.15) is 0 Å². The first-order valence-corrected chi connectivity index (χ1v) is 27.9. The Morgan fingerprint density at radius 3 is 1.27 bits per heavy atom. The van der Waals surface area contributed by atoms with Gasteiger partial charge in [-0.3, -0.25) is 0 Å². The molecule has 0 spiro atoms. The number of fused-ring (bicyclic) bond motifs is 4. The van der Waals surface area contributed by atoms with Crippen molar-refractivity contribution in [3.8, 4) is 22.3 Å². The molecule has 8 rings (SSSR count). The number of benzene rings is 6. The molecule has 0 bridgehead atoms. The van der Waals surface area contributed by atoms with Gasteiger partial charge in [0.25, 0.3) is 0 Å². The van der Waals surface area contributed by atoms with Crippen LogP contribution in [0.5, 0.6) is 0 Å². The van der Waals surface area contributed by atoms with Crippen LogP contribution in [-0.4, -0.2) is 7.63 Å². The molecule has 0 aliphatic heterocycles. The summed E-state index contributed by atoms with van der Waals surface area (Å²) in [6, 6.07) is 46.0. The molecular formula is C48H52Cl2SiTi. The summed E-state index contributed by atoms with van der Waals surface area (Å²) in [7, 11) is 2.49. The van der Waals surface area contributed by atoms with Crippen molar-refractivity contribution in [2.45, 2.75) is 71.3 Å². The van der Waals surface area contributed by atoms with Crippen LogP contribution in [0, 0.1) is 0 Å². The van der Waals surface area contributed by atoms with Crippen molar-refractivity contribution in [2.75, 3.05) is 0 Å². The van der Waals surface area contributed by atoms with Gasteiger partial charge in [-0.25, -0.2) is 0 Å². The predicted octanol–water partition coefficient (Wildman–Crippen LogP) is 14.5. The quantitative estimate of drug-likeness (QED) is 0.122. The van der Waals surface area contributed by atoms with E-state index in [1.165, 1.54) is 93.5 Å². The van der Waals surface area contributed by atoms with Gasteiger partial charge in [0, 0.05) is 0 Å². The third-order valence-corrected chi connectivity index (χ3v) is 23.4. The smallest absolute Gasteiger partial charge is 0.147 e. The Hall–Kier alpha value is -3.17. The van der Waals surface area contributed by atoms with Crippen LogP contribution >= 0.6 is 24.8 Å². The minimum absolute atomic E-state index is 0. The Morgan fingerprint density at radius 2 is 0.846 bits per heavy atom. The Labute approximate surface area is 326 Å². The van der Waals surface area contributed by atoms with E-state index >= 15 is 0 Å². The van der Waals surface area contributed by atoms with Crippen molar-refractivity contribution in [2.24, 2.45) is 0 Å². The second-order valence-electron chi connectivity index (χ2n) is 16.1. The molecule has 0 saturated carbocycles. The molecule has 6 aromatic carbocycles. The van der Waals surface area contributed by atoms with Crippen LogP contribution in [0.3, 0.4) is 0 Å². The molecule has 0 fully saturated rings. The van der Waals surface area contributed by atoms with Crippen LogP contribution in [0.15, 0.2) is 132 Å². The van der Waals surface area contributed by atoms with Crippen molar-refractivity contribution in [1.82, 2.24) is 0 Å². The summed E-state index contributed by atoms with van der Waals surface area (Å²) in [6.45, 7) is 4.70. The fraction of sp³-hybridized carbons (Fsp3) is 0.250. The van der Waals surface area contributed by atoms with Gasteiger partial charge >= 0.3 is 304 Å². The van der Waals surface area contributed by atoms with E-state index in [0.29, 0.717) is 8.45 Å². The van der Waals surface area contributed by atoms with E-state index in [1.54, 1.807) is 22.3 Å². The first-order chi connectivity index (χ1) is 24.3. The van der Waals surface area contributed by atoms with Crippen LogP contribution < -0.4 is 0 Å². The summed E-state index contributed by atoms with van der Waals surface area (Å²) in [4.78, 5) is 0. The molecule has 266 valence electrons. The third-order valence-electron chi connectivity index (χ3n) is 12.0. The Morgan fingerprint density at radius 1 is 0.481 bits per heavy atom. The van der Waals surface area contributed by atoms with Crippen molar-refractivity contribution >= 4 is 66.1 Å². The molecule has 0 nitrogen and oxygen atoms in total. The van der Waals surface area contributed by atoms with Crippen LogP contribution in [-0.2, 0) is 14.0 Å². The number of halogens is 2. The van der Waals surface area contributed by atoms with Crippen LogP contribution in [0.2, 0.25) is 10.5 Å². The second kappa shape index (κ2) is 15.3. The van der Waals surface area contributed by atoms with Crippen LogP contribution in [0.1, 0.15) is 83.1 Å². The minimum Gasteiger partial charge on any atom is -0.147 e. The Kier molecular flexibility index (Phi) is 11.3. The molecule has 4 heteroatoms. The maximum Gasteiger partial charge on any atom is -0.147 e. The molecule has 0 amide bonds.